The van der Waals surface area contributed by atoms with Gasteiger partial charge in [0.05, 0.1) is 23.0 Å². The van der Waals surface area contributed by atoms with Crippen molar-refractivity contribution in [3.05, 3.63) is 53.1 Å². The Bertz CT molecular complexity index is 1360. The number of nitriles is 1. The molecule has 1 aromatic carbocycles. The molecule has 0 aliphatic carbocycles. The van der Waals surface area contributed by atoms with Crippen molar-refractivity contribution < 1.29 is 9.42 Å². The molecular weight excluding hydrogens is 448 g/mol. The third-order valence-corrected chi connectivity index (χ3v) is 5.48. The van der Waals surface area contributed by atoms with Crippen LogP contribution in [0.5, 0.6) is 0 Å². The number of amides is 1. The average Bonchev–Trinajstić information content (AvgIpc) is 3.55. The average molecular weight is 464 g/mol. The van der Waals surface area contributed by atoms with Crippen LogP contribution in [-0.4, -0.2) is 51.7 Å². The largest absolute Gasteiger partial charge is 0.378 e. The molecular formula is C18H16N12O2S. The number of thioether (sulfide) groups is 1. The first-order chi connectivity index (χ1) is 16.0. The van der Waals surface area contributed by atoms with Crippen LogP contribution in [0.4, 0.5) is 5.82 Å². The van der Waals surface area contributed by atoms with Crippen molar-refractivity contribution >= 4 is 29.2 Å². The Hall–Kier alpha value is -4.58. The number of aromatic nitrogens is 8. The summed E-state index contributed by atoms with van der Waals surface area (Å²) in [5, 5.41) is 36.8. The zero-order valence-corrected chi connectivity index (χ0v) is 18.2. The fraction of sp³-hybridized carbons (Fsp3) is 0.167. The molecule has 33 heavy (non-hydrogen) atoms. The van der Waals surface area contributed by atoms with Gasteiger partial charge >= 0.3 is 0 Å². The number of rotatable bonds is 7. The number of nitrogen functional groups attached to an aromatic ring is 1. The van der Waals surface area contributed by atoms with Gasteiger partial charge < -0.3 is 10.3 Å². The summed E-state index contributed by atoms with van der Waals surface area (Å²) in [6.45, 7) is 1.73. The second-order valence-corrected chi connectivity index (χ2v) is 7.55. The molecule has 4 aromatic rings. The van der Waals surface area contributed by atoms with Crippen molar-refractivity contribution in [1.29, 1.82) is 5.26 Å². The van der Waals surface area contributed by atoms with Crippen molar-refractivity contribution in [2.75, 3.05) is 5.73 Å². The molecule has 4 rings (SSSR count). The number of anilines is 1. The minimum absolute atomic E-state index is 0.00792. The molecule has 166 valence electrons. The molecule has 0 bridgehead atoms. The van der Waals surface area contributed by atoms with E-state index in [9.17, 15) is 4.79 Å². The van der Waals surface area contributed by atoms with Gasteiger partial charge in [0, 0.05) is 12.8 Å². The number of carbonyl (C=O) groups is 1. The highest BCUT2D eigenvalue weighted by atomic mass is 32.2. The maximum atomic E-state index is 12.9. The van der Waals surface area contributed by atoms with Crippen LogP contribution in [0.2, 0.25) is 0 Å². The topological polar surface area (TPSA) is 192 Å². The third kappa shape index (κ3) is 4.55. The molecule has 0 spiro atoms. The fourth-order valence-corrected chi connectivity index (χ4v) is 3.57. The smallest absolute Gasteiger partial charge is 0.293 e. The van der Waals surface area contributed by atoms with E-state index in [1.165, 1.54) is 16.4 Å². The molecule has 1 amide bonds. The van der Waals surface area contributed by atoms with Gasteiger partial charge in [-0.25, -0.2) is 10.1 Å². The summed E-state index contributed by atoms with van der Waals surface area (Å²) in [5.41, 5.74) is 10.5. The molecule has 3 aromatic heterocycles. The van der Waals surface area contributed by atoms with Gasteiger partial charge in [0.2, 0.25) is 11.6 Å². The van der Waals surface area contributed by atoms with Gasteiger partial charge in [-0.2, -0.15) is 15.0 Å². The maximum Gasteiger partial charge on any atom is 0.293 e. The van der Waals surface area contributed by atoms with Crippen molar-refractivity contribution in [1.82, 2.24) is 45.5 Å². The molecule has 0 saturated carbocycles. The Morgan fingerprint density at radius 1 is 1.30 bits per heavy atom. The van der Waals surface area contributed by atoms with Gasteiger partial charge in [-0.05, 0) is 34.9 Å². The highest BCUT2D eigenvalue weighted by molar-refractivity contribution is 7.98. The molecule has 0 saturated heterocycles. The fourth-order valence-electron chi connectivity index (χ4n) is 2.69. The maximum absolute atomic E-state index is 12.9. The predicted molar refractivity (Wildman–Crippen MR) is 115 cm³/mol. The molecule has 3 N–H and O–H groups in total. The standard InChI is InChI=1S/C18H16N12O2S/c1-10(12-5-3-11(7-19)4-6-12)22-24-17(31)14-13(8-33-18-25-21-9-29(18)2)30(28-23-14)16-15(20)26-32-27-16/h3-6,9H,8H2,1-2H3,(H2,20,26)(H,24,31)/b22-10-. The van der Waals surface area contributed by atoms with E-state index in [-0.39, 0.29) is 23.1 Å². The minimum Gasteiger partial charge on any atom is -0.378 e. The van der Waals surface area contributed by atoms with E-state index in [4.69, 9.17) is 11.0 Å². The summed E-state index contributed by atoms with van der Waals surface area (Å²) < 4.78 is 7.66. The van der Waals surface area contributed by atoms with Crippen LogP contribution < -0.4 is 11.2 Å². The van der Waals surface area contributed by atoms with Crippen LogP contribution in [0, 0.1) is 11.3 Å². The van der Waals surface area contributed by atoms with Gasteiger partial charge in [-0.1, -0.05) is 29.1 Å². The Morgan fingerprint density at radius 2 is 2.09 bits per heavy atom. The summed E-state index contributed by atoms with van der Waals surface area (Å²) in [4.78, 5) is 12.9. The van der Waals surface area contributed by atoms with E-state index < -0.39 is 5.91 Å². The van der Waals surface area contributed by atoms with Crippen LogP contribution in [-0.2, 0) is 12.8 Å². The van der Waals surface area contributed by atoms with Crippen molar-refractivity contribution in [2.24, 2.45) is 12.1 Å². The highest BCUT2D eigenvalue weighted by Gasteiger charge is 2.24. The van der Waals surface area contributed by atoms with Crippen LogP contribution >= 0.6 is 11.8 Å². The molecule has 0 atom stereocenters. The van der Waals surface area contributed by atoms with Gasteiger partial charge in [-0.3, -0.25) is 4.79 Å². The summed E-state index contributed by atoms with van der Waals surface area (Å²) >= 11 is 1.31. The first-order valence-electron chi connectivity index (χ1n) is 9.33. The zero-order chi connectivity index (χ0) is 23.4. The number of hydrazone groups is 1. The van der Waals surface area contributed by atoms with Gasteiger partial charge in [-0.15, -0.1) is 15.3 Å². The molecule has 3 heterocycles. The van der Waals surface area contributed by atoms with E-state index in [1.807, 2.05) is 0 Å². The molecule has 0 unspecified atom stereocenters. The lowest BCUT2D eigenvalue weighted by Crippen LogP contribution is -2.21. The number of nitrogens with zero attached hydrogens (tertiary/aromatic N) is 10. The lowest BCUT2D eigenvalue weighted by atomic mass is 10.1. The second-order valence-electron chi connectivity index (χ2n) is 6.61. The summed E-state index contributed by atoms with van der Waals surface area (Å²) in [7, 11) is 1.80. The van der Waals surface area contributed by atoms with Crippen LogP contribution in [0.1, 0.15) is 34.2 Å². The summed E-state index contributed by atoms with van der Waals surface area (Å²) in [6, 6.07) is 8.86. The molecule has 0 fully saturated rings. The van der Waals surface area contributed by atoms with Gasteiger partial charge in [0.1, 0.15) is 6.33 Å². The number of hydrogen-bond donors (Lipinski definition) is 2. The van der Waals surface area contributed by atoms with E-state index in [1.54, 1.807) is 49.1 Å². The quantitative estimate of drug-likeness (QED) is 0.222. The van der Waals surface area contributed by atoms with Crippen molar-refractivity contribution in [3.8, 4) is 11.9 Å². The highest BCUT2D eigenvalue weighted by Crippen LogP contribution is 2.24. The van der Waals surface area contributed by atoms with E-state index in [0.29, 0.717) is 22.1 Å². The SMILES string of the molecule is C/C(=N/NC(=O)c1nnn(-c2nonc2N)c1CSc1nncn1C)c1ccc(C#N)cc1. The molecule has 0 aliphatic rings. The van der Waals surface area contributed by atoms with Crippen molar-refractivity contribution in [3.63, 3.8) is 0 Å². The van der Waals surface area contributed by atoms with E-state index in [2.05, 4.69) is 52.0 Å². The first kappa shape index (κ1) is 21.6. The monoisotopic (exact) mass is 464 g/mol. The van der Waals surface area contributed by atoms with Crippen LogP contribution in [0.3, 0.4) is 0 Å². The Kier molecular flexibility index (Phi) is 6.09. The van der Waals surface area contributed by atoms with E-state index >= 15 is 0 Å². The molecule has 14 nitrogen and oxygen atoms in total. The van der Waals surface area contributed by atoms with Crippen LogP contribution in [0.15, 0.2) is 45.5 Å². The normalized spacial score (nSPS) is 11.4. The second kappa shape index (κ2) is 9.28. The van der Waals surface area contributed by atoms with Gasteiger partial charge in [0.15, 0.2) is 10.9 Å². The number of nitrogens with two attached hydrogens (primary N) is 1. The Balaban J connectivity index is 1.59. The number of nitrogens with one attached hydrogen (secondary N) is 1. The summed E-state index contributed by atoms with van der Waals surface area (Å²) in [6.07, 6.45) is 1.56. The third-order valence-electron chi connectivity index (χ3n) is 4.44. The Morgan fingerprint density at radius 3 is 2.73 bits per heavy atom. The summed E-state index contributed by atoms with van der Waals surface area (Å²) in [5.74, 6) is -0.246. The first-order valence-corrected chi connectivity index (χ1v) is 10.3. The Labute approximate surface area is 190 Å². The number of hydrogen-bond acceptors (Lipinski definition) is 12. The number of benzene rings is 1. The number of aryl methyl sites for hydroxylation is 1. The zero-order valence-electron chi connectivity index (χ0n) is 17.4. The van der Waals surface area contributed by atoms with Crippen molar-refractivity contribution in [2.45, 2.75) is 17.8 Å². The van der Waals surface area contributed by atoms with Crippen LogP contribution in [0.25, 0.3) is 5.82 Å². The predicted octanol–water partition coefficient (Wildman–Crippen LogP) is 0.679. The molecule has 0 radical (unpaired) electrons. The number of carbonyl (C=O) groups excluding carboxylic acids is 1. The van der Waals surface area contributed by atoms with Gasteiger partial charge in [0.25, 0.3) is 5.91 Å². The van der Waals surface area contributed by atoms with E-state index in [0.717, 1.165) is 5.56 Å². The molecule has 0 aliphatic heterocycles. The minimum atomic E-state index is -0.585. The lowest BCUT2D eigenvalue weighted by Gasteiger charge is -2.06. The lowest BCUT2D eigenvalue weighted by molar-refractivity contribution is 0.0949. The molecule has 15 heteroatoms.